The van der Waals surface area contributed by atoms with Crippen molar-refractivity contribution in [2.24, 2.45) is 11.8 Å². The van der Waals surface area contributed by atoms with Crippen molar-refractivity contribution in [1.29, 1.82) is 0 Å². The van der Waals surface area contributed by atoms with Gasteiger partial charge in [-0.1, -0.05) is 0 Å². The summed E-state index contributed by atoms with van der Waals surface area (Å²) in [7, 11) is 4.69. The Morgan fingerprint density at radius 1 is 0.568 bits per heavy atom. The first-order valence-corrected chi connectivity index (χ1v) is 17.5. The summed E-state index contributed by atoms with van der Waals surface area (Å²) in [6, 6.07) is 15.4. The van der Waals surface area contributed by atoms with Gasteiger partial charge in [-0.15, -0.1) is 0 Å². The van der Waals surface area contributed by atoms with Crippen LogP contribution in [0.15, 0.2) is 48.5 Å². The van der Waals surface area contributed by atoms with Crippen LogP contribution in [0.3, 0.4) is 0 Å². The van der Waals surface area contributed by atoms with E-state index in [1.165, 1.54) is 51.4 Å². The molecule has 0 unspecified atom stereocenters. The lowest BCUT2D eigenvalue weighted by Gasteiger charge is -2.38. The van der Waals surface area contributed by atoms with Gasteiger partial charge in [0.2, 0.25) is 0 Å². The lowest BCUT2D eigenvalue weighted by atomic mass is 9.85. The molecule has 4 rings (SSSR count). The van der Waals surface area contributed by atoms with Crippen molar-refractivity contribution in [3.8, 4) is 11.5 Å². The van der Waals surface area contributed by atoms with E-state index in [1.54, 1.807) is 0 Å². The van der Waals surface area contributed by atoms with Crippen LogP contribution >= 0.6 is 0 Å². The Balaban J connectivity index is 1.59. The van der Waals surface area contributed by atoms with Crippen LogP contribution in [0.4, 0.5) is 0 Å². The fourth-order valence-corrected chi connectivity index (χ4v) is 7.58. The zero-order chi connectivity index (χ0) is 31.4. The maximum atomic E-state index is 14.2. The number of carbonyl (C=O) groups excluding carboxylic acids is 2. The largest absolute Gasteiger partial charge is 0.494 e. The molecule has 0 bridgehead atoms. The smallest absolute Gasteiger partial charge is 0.171 e. The molecule has 0 aliphatic carbocycles. The van der Waals surface area contributed by atoms with E-state index in [1.807, 2.05) is 62.4 Å². The number of carbonyl (C=O) groups is 2. The van der Waals surface area contributed by atoms with Gasteiger partial charge in [0.15, 0.2) is 11.6 Å². The number of hydrogen-bond acceptors (Lipinski definition) is 4. The summed E-state index contributed by atoms with van der Waals surface area (Å²) in [5.41, 5.74) is 1.50. The summed E-state index contributed by atoms with van der Waals surface area (Å²) >= 11 is 0. The van der Waals surface area contributed by atoms with Crippen molar-refractivity contribution in [3.05, 3.63) is 59.7 Å². The highest BCUT2D eigenvalue weighted by atomic mass is 16.5. The maximum Gasteiger partial charge on any atom is 0.171 e. The van der Waals surface area contributed by atoms with Gasteiger partial charge in [0.1, 0.15) is 11.5 Å². The number of ketones is 2. The highest BCUT2D eigenvalue weighted by molar-refractivity contribution is 5.99. The van der Waals surface area contributed by atoms with Crippen LogP contribution in [-0.4, -0.2) is 87.1 Å². The van der Waals surface area contributed by atoms with E-state index in [-0.39, 0.29) is 23.4 Å². The number of Topliss-reactive ketones (excluding diaryl/α,β-unsaturated/α-hetero) is 2. The van der Waals surface area contributed by atoms with Crippen LogP contribution in [0.25, 0.3) is 0 Å². The first-order chi connectivity index (χ1) is 21.2. The first kappa shape index (κ1) is 34.2. The third-order valence-corrected chi connectivity index (χ3v) is 10.1. The second kappa shape index (κ2) is 16.6. The predicted octanol–water partition coefficient (Wildman–Crippen LogP) is 7.60. The third-order valence-electron chi connectivity index (χ3n) is 10.1. The van der Waals surface area contributed by atoms with Crippen LogP contribution in [-0.2, 0) is 0 Å². The summed E-state index contributed by atoms with van der Waals surface area (Å²) in [6.07, 6.45) is 11.4. The number of nitrogens with zero attached hydrogens (tertiary/aromatic N) is 2. The molecule has 2 heterocycles. The molecule has 2 aliphatic heterocycles. The lowest BCUT2D eigenvalue weighted by molar-refractivity contribution is -0.911. The van der Waals surface area contributed by atoms with Crippen molar-refractivity contribution in [2.45, 2.75) is 78.1 Å². The van der Waals surface area contributed by atoms with Gasteiger partial charge in [0.05, 0.1) is 78.4 Å². The fraction of sp³-hybridized carbons (Fsp3) is 0.632. The SMILES string of the molecule is CCOc1ccc(C(=O)[C@H](CC[C@H](C[N+]2(C)CCCCCC2)C(=O)c2ccc(OCC)cc2)C[N+]2(C)CCCCCC2)cc1. The standard InChI is InChI=1S/C38H58N2O4/c1-5-43-35-21-17-31(18-22-35)37(41)33(29-39(3)25-11-7-8-12-26-39)15-16-34(30-40(4)27-13-9-10-14-28-40)38(42)32-19-23-36(24-20-32)44-6-2/h17-24,33-34H,5-16,25-30H2,1-4H3/q+2/t33-,34-/m1/s1. The van der Waals surface area contributed by atoms with Crippen molar-refractivity contribution in [3.63, 3.8) is 0 Å². The summed E-state index contributed by atoms with van der Waals surface area (Å²) in [5, 5.41) is 0. The Morgan fingerprint density at radius 2 is 0.886 bits per heavy atom. The number of hydrogen-bond donors (Lipinski definition) is 0. The summed E-state index contributed by atoms with van der Waals surface area (Å²) in [5.74, 6) is 1.76. The van der Waals surface area contributed by atoms with Crippen molar-refractivity contribution >= 4 is 11.6 Å². The number of ether oxygens (including phenoxy) is 2. The van der Waals surface area contributed by atoms with Crippen molar-refractivity contribution in [2.75, 3.05) is 66.6 Å². The quantitative estimate of drug-likeness (QED) is 0.155. The molecule has 44 heavy (non-hydrogen) atoms. The molecular weight excluding hydrogens is 548 g/mol. The van der Waals surface area contributed by atoms with Gasteiger partial charge < -0.3 is 18.4 Å². The number of rotatable bonds is 15. The molecule has 2 aromatic rings. The predicted molar refractivity (Wildman–Crippen MR) is 179 cm³/mol. The van der Waals surface area contributed by atoms with Crippen LogP contribution in [0.1, 0.15) is 98.8 Å². The van der Waals surface area contributed by atoms with E-state index in [0.717, 1.165) is 83.7 Å². The fourth-order valence-electron chi connectivity index (χ4n) is 7.58. The molecule has 2 fully saturated rings. The zero-order valence-corrected chi connectivity index (χ0v) is 28.0. The van der Waals surface area contributed by atoms with E-state index >= 15 is 0 Å². The molecule has 0 spiro atoms. The average molecular weight is 607 g/mol. The molecule has 0 saturated carbocycles. The first-order valence-electron chi connectivity index (χ1n) is 17.5. The minimum Gasteiger partial charge on any atom is -0.494 e. The summed E-state index contributed by atoms with van der Waals surface area (Å²) in [4.78, 5) is 28.4. The Labute approximate surface area is 266 Å². The van der Waals surface area contributed by atoms with Gasteiger partial charge in [0, 0.05) is 11.1 Å². The highest BCUT2D eigenvalue weighted by Crippen LogP contribution is 2.29. The second-order valence-electron chi connectivity index (χ2n) is 13.9. The molecule has 0 N–H and O–H groups in total. The molecule has 6 heteroatoms. The number of quaternary nitrogens is 2. The van der Waals surface area contributed by atoms with Gasteiger partial charge in [-0.05, 0) is 127 Å². The van der Waals surface area contributed by atoms with Crippen LogP contribution in [0.5, 0.6) is 11.5 Å². The molecule has 2 aromatic carbocycles. The second-order valence-corrected chi connectivity index (χ2v) is 13.9. The van der Waals surface area contributed by atoms with Gasteiger partial charge in [-0.3, -0.25) is 9.59 Å². The summed E-state index contributed by atoms with van der Waals surface area (Å²) in [6.45, 7) is 11.3. The minimum atomic E-state index is -0.124. The lowest BCUT2D eigenvalue weighted by Crippen LogP contribution is -2.50. The Bertz CT molecular complexity index is 1070. The molecule has 2 atom stereocenters. The monoisotopic (exact) mass is 606 g/mol. The van der Waals surface area contributed by atoms with E-state index < -0.39 is 0 Å². The van der Waals surface area contributed by atoms with Crippen molar-refractivity contribution in [1.82, 2.24) is 0 Å². The third kappa shape index (κ3) is 9.90. The van der Waals surface area contributed by atoms with Gasteiger partial charge >= 0.3 is 0 Å². The van der Waals surface area contributed by atoms with E-state index in [9.17, 15) is 9.59 Å². The van der Waals surface area contributed by atoms with E-state index in [4.69, 9.17) is 9.47 Å². The van der Waals surface area contributed by atoms with Crippen LogP contribution in [0, 0.1) is 11.8 Å². The van der Waals surface area contributed by atoms with Crippen molar-refractivity contribution < 1.29 is 28.0 Å². The normalized spacial score (nSPS) is 19.6. The highest BCUT2D eigenvalue weighted by Gasteiger charge is 2.36. The Kier molecular flexibility index (Phi) is 12.9. The minimum absolute atomic E-state index is 0.124. The van der Waals surface area contributed by atoms with E-state index in [0.29, 0.717) is 13.2 Å². The van der Waals surface area contributed by atoms with E-state index in [2.05, 4.69) is 14.1 Å². The topological polar surface area (TPSA) is 52.6 Å². The molecular formula is C38H58N2O4+2. The van der Waals surface area contributed by atoms with Crippen LogP contribution in [0.2, 0.25) is 0 Å². The molecule has 0 aromatic heterocycles. The average Bonchev–Trinajstić information content (AvgIpc) is 3.38. The number of benzene rings is 2. The van der Waals surface area contributed by atoms with Gasteiger partial charge in [-0.2, -0.15) is 0 Å². The molecule has 242 valence electrons. The van der Waals surface area contributed by atoms with Gasteiger partial charge in [-0.25, -0.2) is 0 Å². The number of likely N-dealkylation sites (tertiary alicyclic amines) is 2. The molecule has 2 aliphatic rings. The summed E-state index contributed by atoms with van der Waals surface area (Å²) < 4.78 is 13.2. The Morgan fingerprint density at radius 3 is 1.18 bits per heavy atom. The zero-order valence-electron chi connectivity index (χ0n) is 28.0. The maximum absolute atomic E-state index is 14.2. The molecule has 0 amide bonds. The van der Waals surface area contributed by atoms with Crippen LogP contribution < -0.4 is 9.47 Å². The molecule has 2 saturated heterocycles. The van der Waals surface area contributed by atoms with Gasteiger partial charge in [0.25, 0.3) is 0 Å². The molecule has 0 radical (unpaired) electrons. The molecule has 6 nitrogen and oxygen atoms in total. The Hall–Kier alpha value is -2.70.